The lowest BCUT2D eigenvalue weighted by Crippen LogP contribution is -2.07. The molecule has 1 aliphatic carbocycles. The van der Waals surface area contributed by atoms with E-state index >= 15 is 0 Å². The van der Waals surface area contributed by atoms with Crippen LogP contribution in [0.15, 0.2) is 24.3 Å². The van der Waals surface area contributed by atoms with Gasteiger partial charge in [0, 0.05) is 6.42 Å². The number of Topliss-reactive ketones (excluding diaryl/α,β-unsaturated/α-hetero) is 1. The van der Waals surface area contributed by atoms with Crippen LogP contribution in [-0.2, 0) is 4.79 Å². The van der Waals surface area contributed by atoms with Crippen LogP contribution in [0.4, 0.5) is 0 Å². The van der Waals surface area contributed by atoms with Crippen molar-refractivity contribution in [3.8, 4) is 0 Å². The lowest BCUT2D eigenvalue weighted by molar-refractivity contribution is -0.120. The van der Waals surface area contributed by atoms with Crippen LogP contribution in [0.25, 0.3) is 0 Å². The molecule has 0 aromatic carbocycles. The maximum atomic E-state index is 11.9. The van der Waals surface area contributed by atoms with Crippen molar-refractivity contribution in [3.63, 3.8) is 0 Å². The van der Waals surface area contributed by atoms with Gasteiger partial charge in [0.2, 0.25) is 0 Å². The number of thiol groups is 1. The first kappa shape index (κ1) is 20.5. The van der Waals surface area contributed by atoms with Gasteiger partial charge in [-0.05, 0) is 18.6 Å². The van der Waals surface area contributed by atoms with E-state index in [0.717, 1.165) is 18.6 Å². The van der Waals surface area contributed by atoms with Crippen molar-refractivity contribution in [2.45, 2.75) is 89.9 Å². The summed E-state index contributed by atoms with van der Waals surface area (Å²) in [5.74, 6) is 1.51. The number of allylic oxidation sites excluding steroid dienone is 4. The molecule has 0 amide bonds. The fraction of sp³-hybridized carbons (Fsp3) is 0.762. The van der Waals surface area contributed by atoms with Crippen LogP contribution >= 0.6 is 12.6 Å². The van der Waals surface area contributed by atoms with Gasteiger partial charge in [0.05, 0.1) is 5.92 Å². The Hall–Kier alpha value is -0.500. The molecule has 0 aromatic heterocycles. The summed E-state index contributed by atoms with van der Waals surface area (Å²) in [5.41, 5.74) is 0. The molecule has 0 fully saturated rings. The minimum absolute atomic E-state index is 0.0768. The average molecular weight is 337 g/mol. The van der Waals surface area contributed by atoms with Crippen molar-refractivity contribution in [2.75, 3.05) is 5.75 Å². The third-order valence-electron chi connectivity index (χ3n) is 4.70. The Bertz CT molecular complexity index is 334. The molecule has 0 N–H and O–H groups in total. The summed E-state index contributed by atoms with van der Waals surface area (Å²) in [4.78, 5) is 11.9. The Balaban J connectivity index is 1.74. The van der Waals surface area contributed by atoms with E-state index in [-0.39, 0.29) is 5.92 Å². The summed E-state index contributed by atoms with van der Waals surface area (Å²) < 4.78 is 0. The van der Waals surface area contributed by atoms with Gasteiger partial charge >= 0.3 is 0 Å². The molecule has 0 spiro atoms. The van der Waals surface area contributed by atoms with E-state index in [9.17, 15) is 4.79 Å². The molecule has 132 valence electrons. The van der Waals surface area contributed by atoms with Crippen molar-refractivity contribution in [1.29, 1.82) is 0 Å². The van der Waals surface area contributed by atoms with Crippen molar-refractivity contribution in [3.05, 3.63) is 24.3 Å². The van der Waals surface area contributed by atoms with Crippen LogP contribution in [0.2, 0.25) is 0 Å². The number of hydrogen-bond donors (Lipinski definition) is 1. The standard InChI is InChI=1S/C21H36OS/c22-21(20-16-13-14-17-20)18-12-10-8-6-4-2-1-3-5-7-9-11-15-19-23/h13-14,16-17,20,23H,1-12,15,18-19H2. The minimum Gasteiger partial charge on any atom is -0.299 e. The zero-order valence-corrected chi connectivity index (χ0v) is 15.7. The van der Waals surface area contributed by atoms with Crippen LogP contribution in [0.1, 0.15) is 89.9 Å². The summed E-state index contributed by atoms with van der Waals surface area (Å²) in [6.45, 7) is 0. The van der Waals surface area contributed by atoms with E-state index in [0.29, 0.717) is 5.78 Å². The van der Waals surface area contributed by atoms with E-state index < -0.39 is 0 Å². The highest BCUT2D eigenvalue weighted by Gasteiger charge is 2.12. The van der Waals surface area contributed by atoms with E-state index in [1.807, 2.05) is 24.3 Å². The van der Waals surface area contributed by atoms with Crippen LogP contribution in [0.3, 0.4) is 0 Å². The lowest BCUT2D eigenvalue weighted by Gasteiger charge is -2.05. The molecule has 0 radical (unpaired) electrons. The Morgan fingerprint density at radius 1 is 0.652 bits per heavy atom. The maximum absolute atomic E-state index is 11.9. The highest BCUT2D eigenvalue weighted by Crippen LogP contribution is 2.16. The molecule has 0 atom stereocenters. The van der Waals surface area contributed by atoms with Gasteiger partial charge in [-0.15, -0.1) is 0 Å². The zero-order valence-electron chi connectivity index (χ0n) is 14.8. The molecule has 0 aromatic rings. The number of rotatable bonds is 16. The van der Waals surface area contributed by atoms with Gasteiger partial charge in [-0.3, -0.25) is 4.79 Å². The normalized spacial score (nSPS) is 14.0. The van der Waals surface area contributed by atoms with Gasteiger partial charge in [0.1, 0.15) is 5.78 Å². The number of ketones is 1. The highest BCUT2D eigenvalue weighted by atomic mass is 32.1. The first-order valence-electron chi connectivity index (χ1n) is 9.83. The van der Waals surface area contributed by atoms with E-state index in [1.54, 1.807) is 0 Å². The van der Waals surface area contributed by atoms with Gasteiger partial charge in [0.25, 0.3) is 0 Å². The second kappa shape index (κ2) is 15.1. The Labute approximate surface area is 149 Å². The molecular weight excluding hydrogens is 300 g/mol. The molecular formula is C21H36OS. The van der Waals surface area contributed by atoms with Crippen LogP contribution < -0.4 is 0 Å². The monoisotopic (exact) mass is 336 g/mol. The fourth-order valence-electron chi connectivity index (χ4n) is 3.17. The molecule has 2 heteroatoms. The summed E-state index contributed by atoms with van der Waals surface area (Å²) in [7, 11) is 0. The van der Waals surface area contributed by atoms with Crippen LogP contribution in [0, 0.1) is 5.92 Å². The second-order valence-corrected chi connectivity index (χ2v) is 7.28. The van der Waals surface area contributed by atoms with Crippen molar-refractivity contribution in [2.24, 2.45) is 5.92 Å². The lowest BCUT2D eigenvalue weighted by atomic mass is 9.99. The predicted molar refractivity (Wildman–Crippen MR) is 105 cm³/mol. The van der Waals surface area contributed by atoms with Gasteiger partial charge in [-0.25, -0.2) is 0 Å². The highest BCUT2D eigenvalue weighted by molar-refractivity contribution is 7.80. The zero-order chi connectivity index (χ0) is 16.6. The van der Waals surface area contributed by atoms with Gasteiger partial charge in [-0.2, -0.15) is 12.6 Å². The SMILES string of the molecule is O=C(CCCCCCCCCCCCCCCS)C1C=CC=C1. The number of unbranched alkanes of at least 4 members (excludes halogenated alkanes) is 12. The quantitative estimate of drug-likeness (QED) is 0.245. The van der Waals surface area contributed by atoms with Crippen molar-refractivity contribution in [1.82, 2.24) is 0 Å². The summed E-state index contributed by atoms with van der Waals surface area (Å²) in [6, 6.07) is 0. The molecule has 0 saturated carbocycles. The number of hydrogen-bond acceptors (Lipinski definition) is 2. The third-order valence-corrected chi connectivity index (χ3v) is 5.02. The van der Waals surface area contributed by atoms with E-state index in [4.69, 9.17) is 0 Å². The van der Waals surface area contributed by atoms with Gasteiger partial charge in [0.15, 0.2) is 0 Å². The fourth-order valence-corrected chi connectivity index (χ4v) is 3.39. The summed E-state index contributed by atoms with van der Waals surface area (Å²) >= 11 is 4.24. The Kier molecular flexibility index (Phi) is 13.4. The molecule has 0 saturated heterocycles. The van der Waals surface area contributed by atoms with E-state index in [1.165, 1.54) is 77.0 Å². The van der Waals surface area contributed by atoms with Crippen LogP contribution in [-0.4, -0.2) is 11.5 Å². The topological polar surface area (TPSA) is 17.1 Å². The Morgan fingerprint density at radius 3 is 1.48 bits per heavy atom. The van der Waals surface area contributed by atoms with E-state index in [2.05, 4.69) is 12.6 Å². The number of carbonyl (C=O) groups is 1. The molecule has 0 bridgehead atoms. The summed E-state index contributed by atoms with van der Waals surface area (Å²) in [6.07, 6.45) is 26.1. The predicted octanol–water partition coefficient (Wildman–Crippen LogP) is 6.69. The molecule has 1 nitrogen and oxygen atoms in total. The molecule has 0 aliphatic heterocycles. The molecule has 0 unspecified atom stereocenters. The maximum Gasteiger partial charge on any atom is 0.143 e. The first-order valence-corrected chi connectivity index (χ1v) is 10.5. The van der Waals surface area contributed by atoms with Crippen molar-refractivity contribution >= 4 is 18.4 Å². The third kappa shape index (κ3) is 11.6. The largest absolute Gasteiger partial charge is 0.299 e. The Morgan fingerprint density at radius 2 is 1.04 bits per heavy atom. The first-order chi connectivity index (χ1) is 11.3. The molecule has 23 heavy (non-hydrogen) atoms. The van der Waals surface area contributed by atoms with Gasteiger partial charge < -0.3 is 0 Å². The van der Waals surface area contributed by atoms with Crippen LogP contribution in [0.5, 0.6) is 0 Å². The van der Waals surface area contributed by atoms with Gasteiger partial charge in [-0.1, -0.05) is 94.9 Å². The minimum atomic E-state index is 0.0768. The molecule has 0 heterocycles. The molecule has 1 rings (SSSR count). The second-order valence-electron chi connectivity index (χ2n) is 6.83. The molecule has 1 aliphatic rings. The average Bonchev–Trinajstić information content (AvgIpc) is 3.09. The smallest absolute Gasteiger partial charge is 0.143 e. The summed E-state index contributed by atoms with van der Waals surface area (Å²) in [5, 5.41) is 0. The number of carbonyl (C=O) groups excluding carboxylic acids is 1. The van der Waals surface area contributed by atoms with Crippen molar-refractivity contribution < 1.29 is 4.79 Å².